The molecule has 27 heavy (non-hydrogen) atoms. The number of hydrogen-bond donors (Lipinski definition) is 1. The normalized spacial score (nSPS) is 14.7. The number of nitrogens with zero attached hydrogens (tertiary/aromatic N) is 2. The summed E-state index contributed by atoms with van der Waals surface area (Å²) in [6, 6.07) is 10.2. The Morgan fingerprint density at radius 2 is 1.89 bits per heavy atom. The highest BCUT2D eigenvalue weighted by atomic mass is 32.1. The third-order valence-corrected chi connectivity index (χ3v) is 6.41. The van der Waals surface area contributed by atoms with Crippen LogP contribution in [-0.4, -0.2) is 24.0 Å². The van der Waals surface area contributed by atoms with Crippen LogP contribution >= 0.6 is 22.7 Å². The molecule has 0 unspecified atom stereocenters. The van der Waals surface area contributed by atoms with Gasteiger partial charge in [-0.2, -0.15) is 11.3 Å². The lowest BCUT2D eigenvalue weighted by Gasteiger charge is -2.25. The van der Waals surface area contributed by atoms with Crippen molar-refractivity contribution < 1.29 is 4.79 Å². The van der Waals surface area contributed by atoms with Gasteiger partial charge in [-0.05, 0) is 36.4 Å². The van der Waals surface area contributed by atoms with Gasteiger partial charge in [-0.15, -0.1) is 11.3 Å². The van der Waals surface area contributed by atoms with Crippen LogP contribution in [0.15, 0.2) is 46.5 Å². The lowest BCUT2D eigenvalue weighted by Crippen LogP contribution is -2.26. The van der Waals surface area contributed by atoms with Gasteiger partial charge in [0, 0.05) is 29.4 Å². The summed E-state index contributed by atoms with van der Waals surface area (Å²) in [4.78, 5) is 19.6. The first-order valence-corrected chi connectivity index (χ1v) is 11.2. The third-order valence-electron chi connectivity index (χ3n) is 4.79. The van der Waals surface area contributed by atoms with Crippen LogP contribution < -0.4 is 10.2 Å². The molecule has 0 spiro atoms. The van der Waals surface area contributed by atoms with E-state index in [4.69, 9.17) is 0 Å². The fourth-order valence-electron chi connectivity index (χ4n) is 3.43. The molecular formula is C21H23N3OS2. The van der Waals surface area contributed by atoms with Gasteiger partial charge in [-0.1, -0.05) is 25.0 Å². The van der Waals surface area contributed by atoms with Gasteiger partial charge < -0.3 is 10.2 Å². The number of anilines is 2. The minimum atomic E-state index is -0.0144. The van der Waals surface area contributed by atoms with Crippen molar-refractivity contribution in [3.8, 4) is 10.6 Å². The van der Waals surface area contributed by atoms with Crippen LogP contribution in [0.4, 0.5) is 11.4 Å². The van der Waals surface area contributed by atoms with E-state index in [9.17, 15) is 4.79 Å². The first kappa shape index (κ1) is 18.2. The first-order chi connectivity index (χ1) is 13.3. The SMILES string of the molecule is O=C(Cc1csc(-c2ccsc2)n1)Nc1ccccc1N1CCCCCC1. The Kier molecular flexibility index (Phi) is 5.84. The van der Waals surface area contributed by atoms with E-state index in [1.54, 1.807) is 22.7 Å². The molecule has 1 aliphatic heterocycles. The van der Waals surface area contributed by atoms with Gasteiger partial charge in [-0.25, -0.2) is 4.98 Å². The van der Waals surface area contributed by atoms with Gasteiger partial charge in [0.2, 0.25) is 5.91 Å². The highest BCUT2D eigenvalue weighted by Crippen LogP contribution is 2.29. The molecule has 1 amide bonds. The molecule has 3 aromatic rings. The number of carbonyl (C=O) groups excluding carboxylic acids is 1. The molecule has 1 saturated heterocycles. The maximum Gasteiger partial charge on any atom is 0.230 e. The zero-order chi connectivity index (χ0) is 18.5. The Bertz CT molecular complexity index is 880. The van der Waals surface area contributed by atoms with E-state index in [-0.39, 0.29) is 5.91 Å². The Balaban J connectivity index is 1.44. The number of nitrogens with one attached hydrogen (secondary N) is 1. The van der Waals surface area contributed by atoms with E-state index in [2.05, 4.69) is 32.7 Å². The fourth-order valence-corrected chi connectivity index (χ4v) is 4.96. The average molecular weight is 398 g/mol. The summed E-state index contributed by atoms with van der Waals surface area (Å²) in [7, 11) is 0. The van der Waals surface area contributed by atoms with Crippen LogP contribution in [0.25, 0.3) is 10.6 Å². The van der Waals surface area contributed by atoms with Crippen LogP contribution in [0.3, 0.4) is 0 Å². The number of amides is 1. The average Bonchev–Trinajstić information content (AvgIpc) is 3.29. The van der Waals surface area contributed by atoms with Gasteiger partial charge in [0.25, 0.3) is 0 Å². The van der Waals surface area contributed by atoms with Crippen molar-refractivity contribution in [3.05, 3.63) is 52.2 Å². The standard InChI is InChI=1S/C21H23N3OS2/c25-20(13-17-15-27-21(22-17)16-9-12-26-14-16)23-18-7-3-4-8-19(18)24-10-5-1-2-6-11-24/h3-4,7-9,12,14-15H,1-2,5-6,10-11,13H2,(H,23,25). The van der Waals surface area contributed by atoms with Gasteiger partial charge in [0.15, 0.2) is 0 Å². The molecule has 1 aliphatic rings. The minimum Gasteiger partial charge on any atom is -0.370 e. The van der Waals surface area contributed by atoms with Crippen LogP contribution in [0, 0.1) is 0 Å². The number of carbonyl (C=O) groups is 1. The molecule has 6 heteroatoms. The molecule has 1 aromatic carbocycles. The Hall–Kier alpha value is -2.18. The monoisotopic (exact) mass is 397 g/mol. The summed E-state index contributed by atoms with van der Waals surface area (Å²) < 4.78 is 0. The lowest BCUT2D eigenvalue weighted by molar-refractivity contribution is -0.115. The largest absolute Gasteiger partial charge is 0.370 e. The number of hydrogen-bond acceptors (Lipinski definition) is 5. The second-order valence-corrected chi connectivity index (χ2v) is 8.44. The summed E-state index contributed by atoms with van der Waals surface area (Å²) in [5.41, 5.74) is 3.98. The summed E-state index contributed by atoms with van der Waals surface area (Å²) >= 11 is 3.25. The summed E-state index contributed by atoms with van der Waals surface area (Å²) in [6.45, 7) is 2.12. The van der Waals surface area contributed by atoms with Crippen molar-refractivity contribution in [1.29, 1.82) is 0 Å². The second kappa shape index (κ2) is 8.67. The number of thiophene rings is 1. The summed E-state index contributed by atoms with van der Waals surface area (Å²) in [5.74, 6) is -0.0144. The molecular weight excluding hydrogens is 374 g/mol. The van der Waals surface area contributed by atoms with Crippen LogP contribution in [0.5, 0.6) is 0 Å². The highest BCUT2D eigenvalue weighted by molar-refractivity contribution is 7.14. The number of aromatic nitrogens is 1. The van der Waals surface area contributed by atoms with E-state index >= 15 is 0 Å². The third kappa shape index (κ3) is 4.57. The Morgan fingerprint density at radius 3 is 2.67 bits per heavy atom. The number of thiazole rings is 1. The molecule has 0 aliphatic carbocycles. The van der Waals surface area contributed by atoms with E-state index in [0.717, 1.165) is 40.7 Å². The molecule has 0 atom stereocenters. The van der Waals surface area contributed by atoms with Crippen LogP contribution in [0.1, 0.15) is 31.4 Å². The number of benzene rings is 1. The summed E-state index contributed by atoms with van der Waals surface area (Å²) in [6.07, 6.45) is 5.32. The van der Waals surface area contributed by atoms with Crippen molar-refractivity contribution >= 4 is 40.0 Å². The topological polar surface area (TPSA) is 45.2 Å². The molecule has 2 aromatic heterocycles. The van der Waals surface area contributed by atoms with Gasteiger partial charge in [0.05, 0.1) is 23.5 Å². The van der Waals surface area contributed by atoms with Crippen molar-refractivity contribution in [1.82, 2.24) is 4.98 Å². The molecule has 0 bridgehead atoms. The predicted octanol–water partition coefficient (Wildman–Crippen LogP) is 5.43. The van der Waals surface area contributed by atoms with Gasteiger partial charge >= 0.3 is 0 Å². The lowest BCUT2D eigenvalue weighted by atomic mass is 10.2. The molecule has 3 heterocycles. The second-order valence-electron chi connectivity index (χ2n) is 6.80. The van der Waals surface area contributed by atoms with E-state index < -0.39 is 0 Å². The number of para-hydroxylation sites is 2. The van der Waals surface area contributed by atoms with Crippen molar-refractivity contribution in [3.63, 3.8) is 0 Å². The van der Waals surface area contributed by atoms with Gasteiger partial charge in [0.1, 0.15) is 5.01 Å². The van der Waals surface area contributed by atoms with Crippen molar-refractivity contribution in [2.45, 2.75) is 32.1 Å². The fraction of sp³-hybridized carbons (Fsp3) is 0.333. The zero-order valence-electron chi connectivity index (χ0n) is 15.2. The smallest absolute Gasteiger partial charge is 0.230 e. The molecule has 0 saturated carbocycles. The zero-order valence-corrected chi connectivity index (χ0v) is 16.8. The maximum absolute atomic E-state index is 12.6. The molecule has 4 nitrogen and oxygen atoms in total. The number of rotatable bonds is 5. The highest BCUT2D eigenvalue weighted by Gasteiger charge is 2.15. The molecule has 0 radical (unpaired) electrons. The first-order valence-electron chi connectivity index (χ1n) is 9.40. The minimum absolute atomic E-state index is 0.0144. The predicted molar refractivity (Wildman–Crippen MR) is 115 cm³/mol. The maximum atomic E-state index is 12.6. The van der Waals surface area contributed by atoms with Crippen molar-refractivity contribution in [2.24, 2.45) is 0 Å². The molecule has 1 N–H and O–H groups in total. The van der Waals surface area contributed by atoms with E-state index in [1.807, 2.05) is 29.0 Å². The molecule has 140 valence electrons. The Labute approximate surface area is 167 Å². The van der Waals surface area contributed by atoms with Crippen molar-refractivity contribution in [2.75, 3.05) is 23.3 Å². The van der Waals surface area contributed by atoms with Crippen LogP contribution in [-0.2, 0) is 11.2 Å². The molecule has 4 rings (SSSR count). The van der Waals surface area contributed by atoms with E-state index in [0.29, 0.717) is 6.42 Å². The quantitative estimate of drug-likeness (QED) is 0.624. The van der Waals surface area contributed by atoms with Gasteiger partial charge in [-0.3, -0.25) is 4.79 Å². The molecule has 1 fully saturated rings. The Morgan fingerprint density at radius 1 is 1.07 bits per heavy atom. The van der Waals surface area contributed by atoms with Crippen LogP contribution in [0.2, 0.25) is 0 Å². The van der Waals surface area contributed by atoms with E-state index in [1.165, 1.54) is 25.7 Å². The summed E-state index contributed by atoms with van der Waals surface area (Å²) in [5, 5.41) is 10.2.